The van der Waals surface area contributed by atoms with Crippen molar-refractivity contribution in [1.29, 1.82) is 0 Å². The Hall–Kier alpha value is -1.62. The molecule has 5 heteroatoms. The Labute approximate surface area is 120 Å². The van der Waals surface area contributed by atoms with Crippen LogP contribution in [0.1, 0.15) is 12.0 Å². The van der Waals surface area contributed by atoms with Crippen molar-refractivity contribution >= 4 is 28.3 Å². The van der Waals surface area contributed by atoms with E-state index in [1.165, 1.54) is 4.90 Å². The molecule has 0 bridgehead atoms. The molecule has 1 aromatic rings. The van der Waals surface area contributed by atoms with Crippen molar-refractivity contribution in [3.63, 3.8) is 0 Å². The number of ether oxygens (including phenoxy) is 1. The van der Waals surface area contributed by atoms with Crippen molar-refractivity contribution in [1.82, 2.24) is 4.90 Å². The minimum atomic E-state index is -0.386. The molecular weight excluding hydrogens is 310 g/mol. The second-order valence-corrected chi connectivity index (χ2v) is 5.22. The lowest BCUT2D eigenvalue weighted by atomic mass is 10.1. The smallest absolute Gasteiger partial charge is 0.410 e. The van der Waals surface area contributed by atoms with Crippen LogP contribution >= 0.6 is 15.9 Å². The number of nitrogens with zero attached hydrogens (tertiary/aromatic N) is 1. The Bertz CT molecular complexity index is 499. The molecule has 0 radical (unpaired) electrons. The molecule has 1 aromatic carbocycles. The summed E-state index contributed by atoms with van der Waals surface area (Å²) in [4.78, 5) is 24.3. The van der Waals surface area contributed by atoms with E-state index in [-0.39, 0.29) is 12.7 Å². The van der Waals surface area contributed by atoms with E-state index in [2.05, 4.69) is 15.9 Å². The topological polar surface area (TPSA) is 46.6 Å². The van der Waals surface area contributed by atoms with Crippen LogP contribution in [0, 0.1) is 0 Å². The Morgan fingerprint density at radius 2 is 2.11 bits per heavy atom. The summed E-state index contributed by atoms with van der Waals surface area (Å²) in [6, 6.07) is 9.51. The minimum Gasteiger partial charge on any atom is -0.445 e. The van der Waals surface area contributed by atoms with E-state index in [0.717, 1.165) is 16.3 Å². The Morgan fingerprint density at radius 1 is 1.37 bits per heavy atom. The summed E-state index contributed by atoms with van der Waals surface area (Å²) >= 11 is 3.34. The lowest BCUT2D eigenvalue weighted by molar-refractivity contribution is -0.105. The summed E-state index contributed by atoms with van der Waals surface area (Å²) in [5, 5.41) is 0. The zero-order valence-electron chi connectivity index (χ0n) is 10.3. The number of rotatable bonds is 3. The molecule has 0 unspecified atom stereocenters. The first kappa shape index (κ1) is 13.8. The van der Waals surface area contributed by atoms with Crippen molar-refractivity contribution in [2.45, 2.75) is 13.0 Å². The predicted octanol–water partition coefficient (Wildman–Crippen LogP) is 2.88. The van der Waals surface area contributed by atoms with Crippen molar-refractivity contribution in [3.05, 3.63) is 46.0 Å². The van der Waals surface area contributed by atoms with Gasteiger partial charge in [-0.05, 0) is 12.0 Å². The van der Waals surface area contributed by atoms with Crippen LogP contribution < -0.4 is 0 Å². The number of carbonyl (C=O) groups excluding carboxylic acids is 2. The summed E-state index contributed by atoms with van der Waals surface area (Å²) in [5.74, 6) is 0. The van der Waals surface area contributed by atoms with Crippen LogP contribution in [0.15, 0.2) is 40.4 Å². The highest BCUT2D eigenvalue weighted by Gasteiger charge is 2.22. The van der Waals surface area contributed by atoms with Gasteiger partial charge >= 0.3 is 6.09 Å². The van der Waals surface area contributed by atoms with Gasteiger partial charge in [-0.3, -0.25) is 4.79 Å². The zero-order chi connectivity index (χ0) is 13.7. The second-order valence-electron chi connectivity index (χ2n) is 4.26. The van der Waals surface area contributed by atoms with Gasteiger partial charge in [0.25, 0.3) is 0 Å². The highest BCUT2D eigenvalue weighted by atomic mass is 79.9. The second kappa shape index (κ2) is 6.52. The Balaban J connectivity index is 1.89. The maximum absolute atomic E-state index is 11.9. The molecule has 0 spiro atoms. The maximum atomic E-state index is 11.9. The van der Waals surface area contributed by atoms with Crippen molar-refractivity contribution in [3.8, 4) is 0 Å². The average Bonchev–Trinajstić information content (AvgIpc) is 2.46. The largest absolute Gasteiger partial charge is 0.445 e. The molecule has 0 saturated heterocycles. The summed E-state index contributed by atoms with van der Waals surface area (Å²) in [7, 11) is 0. The van der Waals surface area contributed by atoms with Crippen LogP contribution in [0.25, 0.3) is 0 Å². The first-order valence-corrected chi connectivity index (χ1v) is 6.78. The molecule has 100 valence electrons. The van der Waals surface area contributed by atoms with Gasteiger partial charge in [-0.15, -0.1) is 0 Å². The van der Waals surface area contributed by atoms with Gasteiger partial charge in [0.15, 0.2) is 0 Å². The van der Waals surface area contributed by atoms with Gasteiger partial charge < -0.3 is 9.64 Å². The average molecular weight is 324 g/mol. The molecule has 1 aliphatic rings. The fraction of sp³-hybridized carbons (Fsp3) is 0.286. The van der Waals surface area contributed by atoms with E-state index < -0.39 is 0 Å². The molecule has 0 atom stereocenters. The molecule has 4 nitrogen and oxygen atoms in total. The molecule has 1 amide bonds. The third-order valence-corrected chi connectivity index (χ3v) is 3.82. The van der Waals surface area contributed by atoms with Gasteiger partial charge in [0, 0.05) is 16.6 Å². The summed E-state index contributed by atoms with van der Waals surface area (Å²) in [6.07, 6.45) is 1.04. The van der Waals surface area contributed by atoms with Crippen LogP contribution in [0.3, 0.4) is 0 Å². The summed E-state index contributed by atoms with van der Waals surface area (Å²) in [5.41, 5.74) is 1.54. The number of benzene rings is 1. The highest BCUT2D eigenvalue weighted by molar-refractivity contribution is 9.11. The van der Waals surface area contributed by atoms with Crippen LogP contribution in [-0.2, 0) is 16.1 Å². The SMILES string of the molecule is O=CC1=C(Br)CCN(C(=O)OCc2ccccc2)C1. The maximum Gasteiger partial charge on any atom is 0.410 e. The normalized spacial score (nSPS) is 15.3. The molecule has 0 aliphatic carbocycles. The van der Waals surface area contributed by atoms with Crippen LogP contribution in [0.4, 0.5) is 4.79 Å². The third kappa shape index (κ3) is 3.67. The number of hydrogen-bond acceptors (Lipinski definition) is 3. The number of aldehydes is 1. The molecule has 0 aromatic heterocycles. The van der Waals surface area contributed by atoms with E-state index >= 15 is 0 Å². The minimum absolute atomic E-state index is 0.247. The van der Waals surface area contributed by atoms with Gasteiger partial charge in [-0.25, -0.2) is 4.79 Å². The zero-order valence-corrected chi connectivity index (χ0v) is 11.9. The Morgan fingerprint density at radius 3 is 2.79 bits per heavy atom. The molecule has 0 N–H and O–H groups in total. The molecule has 0 fully saturated rings. The number of hydrogen-bond donors (Lipinski definition) is 0. The van der Waals surface area contributed by atoms with E-state index in [0.29, 0.717) is 25.1 Å². The van der Waals surface area contributed by atoms with E-state index in [4.69, 9.17) is 4.74 Å². The molecule has 1 aliphatic heterocycles. The van der Waals surface area contributed by atoms with Gasteiger partial charge in [0.2, 0.25) is 0 Å². The fourth-order valence-electron chi connectivity index (χ4n) is 1.83. The molecule has 19 heavy (non-hydrogen) atoms. The predicted molar refractivity (Wildman–Crippen MR) is 74.8 cm³/mol. The first-order chi connectivity index (χ1) is 9.20. The van der Waals surface area contributed by atoms with Gasteiger partial charge in [-0.1, -0.05) is 46.3 Å². The fourth-order valence-corrected chi connectivity index (χ4v) is 2.23. The van der Waals surface area contributed by atoms with Crippen LogP contribution in [0.2, 0.25) is 0 Å². The van der Waals surface area contributed by atoms with Gasteiger partial charge in [-0.2, -0.15) is 0 Å². The molecular formula is C14H14BrNO3. The standard InChI is InChI=1S/C14H14BrNO3/c15-13-6-7-16(8-12(13)9-17)14(18)19-10-11-4-2-1-3-5-11/h1-5,9H,6-8,10H2. The Kier molecular flexibility index (Phi) is 4.74. The number of halogens is 1. The number of carbonyl (C=O) groups is 2. The molecule has 0 saturated carbocycles. The lowest BCUT2D eigenvalue weighted by Crippen LogP contribution is -2.37. The van der Waals surface area contributed by atoms with E-state index in [1.807, 2.05) is 30.3 Å². The van der Waals surface area contributed by atoms with Crippen LogP contribution in [-0.4, -0.2) is 30.4 Å². The van der Waals surface area contributed by atoms with E-state index in [9.17, 15) is 9.59 Å². The quantitative estimate of drug-likeness (QED) is 0.803. The highest BCUT2D eigenvalue weighted by Crippen LogP contribution is 2.22. The van der Waals surface area contributed by atoms with Crippen molar-refractivity contribution in [2.24, 2.45) is 0 Å². The van der Waals surface area contributed by atoms with Crippen molar-refractivity contribution < 1.29 is 14.3 Å². The number of amides is 1. The molecule has 1 heterocycles. The van der Waals surface area contributed by atoms with Crippen molar-refractivity contribution in [2.75, 3.05) is 13.1 Å². The summed E-state index contributed by atoms with van der Waals surface area (Å²) in [6.45, 7) is 1.11. The van der Waals surface area contributed by atoms with Crippen LogP contribution in [0.5, 0.6) is 0 Å². The molecule has 2 rings (SSSR count). The first-order valence-electron chi connectivity index (χ1n) is 5.99. The van der Waals surface area contributed by atoms with Gasteiger partial charge in [0.1, 0.15) is 12.9 Å². The lowest BCUT2D eigenvalue weighted by Gasteiger charge is -2.26. The van der Waals surface area contributed by atoms with Gasteiger partial charge in [0.05, 0.1) is 6.54 Å². The third-order valence-electron chi connectivity index (χ3n) is 2.92. The monoisotopic (exact) mass is 323 g/mol. The van der Waals surface area contributed by atoms with E-state index in [1.54, 1.807) is 0 Å². The summed E-state index contributed by atoms with van der Waals surface area (Å²) < 4.78 is 6.10.